The minimum atomic E-state index is -1.03. The predicted octanol–water partition coefficient (Wildman–Crippen LogP) is 2.14. The van der Waals surface area contributed by atoms with E-state index in [0.29, 0.717) is 30.4 Å². The molecule has 0 fully saturated rings. The molecule has 0 heterocycles. The second kappa shape index (κ2) is 6.64. The fraction of sp³-hybridized carbons (Fsp3) is 0.385. The summed E-state index contributed by atoms with van der Waals surface area (Å²) in [4.78, 5) is 21.7. The Bertz CT molecular complexity index is 427. The van der Waals surface area contributed by atoms with E-state index in [0.717, 1.165) is 0 Å². The highest BCUT2D eigenvalue weighted by Crippen LogP contribution is 2.29. The average Bonchev–Trinajstić information content (AvgIpc) is 2.37. The Balaban J connectivity index is 2.98. The molecule has 1 unspecified atom stereocenters. The van der Waals surface area contributed by atoms with E-state index in [4.69, 9.17) is 14.6 Å². The highest BCUT2D eigenvalue weighted by atomic mass is 16.5. The molecule has 98 valence electrons. The molecule has 0 saturated carbocycles. The molecule has 5 nitrogen and oxygen atoms in total. The van der Waals surface area contributed by atoms with Gasteiger partial charge in [0.1, 0.15) is 6.29 Å². The molecular weight excluding hydrogens is 236 g/mol. The molecule has 0 spiro atoms. The molecule has 0 aromatic heterocycles. The maximum Gasteiger partial charge on any atom is 0.344 e. The number of aldehydes is 1. The number of methoxy groups -OCH3 is 1. The summed E-state index contributed by atoms with van der Waals surface area (Å²) < 4.78 is 10.5. The standard InChI is InChI=1S/C13H16O5/c1-3-4-11(13(15)16)18-12-7-9(8-14)5-6-10(12)17-2/h5-8,11H,3-4H2,1-2H3,(H,15,16). The molecule has 0 bridgehead atoms. The van der Waals surface area contributed by atoms with Crippen LogP contribution in [0.2, 0.25) is 0 Å². The summed E-state index contributed by atoms with van der Waals surface area (Å²) in [6, 6.07) is 4.62. The number of carboxylic acid groups (broad SMARTS) is 1. The molecule has 0 saturated heterocycles. The van der Waals surface area contributed by atoms with Crippen molar-refractivity contribution in [2.24, 2.45) is 0 Å². The van der Waals surface area contributed by atoms with Gasteiger partial charge in [-0.05, 0) is 24.6 Å². The van der Waals surface area contributed by atoms with Crippen molar-refractivity contribution in [3.05, 3.63) is 23.8 Å². The van der Waals surface area contributed by atoms with E-state index in [1.807, 2.05) is 6.92 Å². The zero-order valence-electron chi connectivity index (χ0n) is 10.4. The van der Waals surface area contributed by atoms with Crippen LogP contribution in [0.1, 0.15) is 30.1 Å². The monoisotopic (exact) mass is 252 g/mol. The Morgan fingerprint density at radius 3 is 2.67 bits per heavy atom. The van der Waals surface area contributed by atoms with Crippen molar-refractivity contribution in [3.8, 4) is 11.5 Å². The van der Waals surface area contributed by atoms with Crippen LogP contribution in [0.3, 0.4) is 0 Å². The SMILES string of the molecule is CCCC(Oc1cc(C=O)ccc1OC)C(=O)O. The number of carbonyl (C=O) groups is 2. The normalized spacial score (nSPS) is 11.7. The Hall–Kier alpha value is -2.04. The van der Waals surface area contributed by atoms with Crippen LogP contribution in [0.15, 0.2) is 18.2 Å². The molecule has 18 heavy (non-hydrogen) atoms. The highest BCUT2D eigenvalue weighted by Gasteiger charge is 2.20. The van der Waals surface area contributed by atoms with Gasteiger partial charge < -0.3 is 14.6 Å². The van der Waals surface area contributed by atoms with E-state index in [1.54, 1.807) is 12.1 Å². The molecule has 1 rings (SSSR count). The van der Waals surface area contributed by atoms with Gasteiger partial charge in [0.25, 0.3) is 0 Å². The second-order valence-electron chi connectivity index (χ2n) is 3.76. The molecule has 1 aromatic carbocycles. The van der Waals surface area contributed by atoms with Crippen LogP contribution in [-0.4, -0.2) is 30.6 Å². The van der Waals surface area contributed by atoms with Crippen molar-refractivity contribution in [1.82, 2.24) is 0 Å². The summed E-state index contributed by atoms with van der Waals surface area (Å²) in [5, 5.41) is 9.02. The van der Waals surface area contributed by atoms with E-state index in [1.165, 1.54) is 13.2 Å². The van der Waals surface area contributed by atoms with Crippen molar-refractivity contribution in [2.45, 2.75) is 25.9 Å². The van der Waals surface area contributed by atoms with Crippen LogP contribution >= 0.6 is 0 Å². The maximum atomic E-state index is 11.0. The van der Waals surface area contributed by atoms with E-state index in [2.05, 4.69) is 0 Å². The molecular formula is C13H16O5. The minimum absolute atomic E-state index is 0.267. The van der Waals surface area contributed by atoms with Gasteiger partial charge in [0.05, 0.1) is 7.11 Å². The van der Waals surface area contributed by atoms with E-state index in [9.17, 15) is 9.59 Å². The van der Waals surface area contributed by atoms with Crippen LogP contribution in [0.4, 0.5) is 0 Å². The summed E-state index contributed by atoms with van der Waals surface area (Å²) in [5.74, 6) is -0.360. The zero-order valence-corrected chi connectivity index (χ0v) is 10.4. The third kappa shape index (κ3) is 3.48. The van der Waals surface area contributed by atoms with Crippen LogP contribution in [-0.2, 0) is 4.79 Å². The van der Waals surface area contributed by atoms with E-state index >= 15 is 0 Å². The number of carbonyl (C=O) groups excluding carboxylic acids is 1. The first-order valence-corrected chi connectivity index (χ1v) is 5.65. The smallest absolute Gasteiger partial charge is 0.344 e. The first-order valence-electron chi connectivity index (χ1n) is 5.65. The van der Waals surface area contributed by atoms with Gasteiger partial charge in [0, 0.05) is 5.56 Å². The molecule has 0 aliphatic heterocycles. The quantitative estimate of drug-likeness (QED) is 0.752. The van der Waals surface area contributed by atoms with Crippen LogP contribution < -0.4 is 9.47 Å². The Morgan fingerprint density at radius 1 is 1.44 bits per heavy atom. The van der Waals surface area contributed by atoms with Crippen molar-refractivity contribution >= 4 is 12.3 Å². The van der Waals surface area contributed by atoms with Gasteiger partial charge in [0.2, 0.25) is 0 Å². The molecule has 5 heteroatoms. The van der Waals surface area contributed by atoms with Crippen LogP contribution in [0.25, 0.3) is 0 Å². The van der Waals surface area contributed by atoms with Gasteiger partial charge in [-0.3, -0.25) is 4.79 Å². The van der Waals surface area contributed by atoms with E-state index in [-0.39, 0.29) is 5.75 Å². The third-order valence-corrected chi connectivity index (χ3v) is 2.42. The zero-order chi connectivity index (χ0) is 13.5. The van der Waals surface area contributed by atoms with E-state index < -0.39 is 12.1 Å². The Labute approximate surface area is 105 Å². The molecule has 0 aliphatic rings. The number of carboxylic acids is 1. The number of ether oxygens (including phenoxy) is 2. The minimum Gasteiger partial charge on any atom is -0.493 e. The number of aliphatic carboxylic acids is 1. The third-order valence-electron chi connectivity index (χ3n) is 2.42. The second-order valence-corrected chi connectivity index (χ2v) is 3.76. The summed E-state index contributed by atoms with van der Waals surface area (Å²) in [5.41, 5.74) is 0.409. The maximum absolute atomic E-state index is 11.0. The largest absolute Gasteiger partial charge is 0.493 e. The number of rotatable bonds is 7. The predicted molar refractivity (Wildman–Crippen MR) is 65.3 cm³/mol. The van der Waals surface area contributed by atoms with Gasteiger partial charge in [-0.25, -0.2) is 4.79 Å². The fourth-order valence-electron chi connectivity index (χ4n) is 1.51. The first kappa shape index (κ1) is 14.0. The fourth-order valence-corrected chi connectivity index (χ4v) is 1.51. The average molecular weight is 252 g/mol. The summed E-state index contributed by atoms with van der Waals surface area (Å²) in [6.45, 7) is 1.87. The Kier molecular flexibility index (Phi) is 5.17. The lowest BCUT2D eigenvalue weighted by Crippen LogP contribution is -2.26. The summed E-state index contributed by atoms with van der Waals surface area (Å²) in [7, 11) is 1.46. The van der Waals surface area contributed by atoms with Crippen LogP contribution in [0, 0.1) is 0 Å². The lowest BCUT2D eigenvalue weighted by atomic mass is 10.2. The van der Waals surface area contributed by atoms with Gasteiger partial charge in [-0.1, -0.05) is 13.3 Å². The first-order chi connectivity index (χ1) is 8.62. The van der Waals surface area contributed by atoms with Gasteiger partial charge in [-0.2, -0.15) is 0 Å². The topological polar surface area (TPSA) is 72.8 Å². The van der Waals surface area contributed by atoms with Crippen molar-refractivity contribution < 1.29 is 24.2 Å². The lowest BCUT2D eigenvalue weighted by molar-refractivity contribution is -0.145. The molecule has 1 atom stereocenters. The number of benzene rings is 1. The van der Waals surface area contributed by atoms with Crippen molar-refractivity contribution in [3.63, 3.8) is 0 Å². The van der Waals surface area contributed by atoms with Gasteiger partial charge in [-0.15, -0.1) is 0 Å². The summed E-state index contributed by atoms with van der Waals surface area (Å²) in [6.07, 6.45) is 0.809. The molecule has 0 aliphatic carbocycles. The molecule has 1 aromatic rings. The van der Waals surface area contributed by atoms with Gasteiger partial charge >= 0.3 is 5.97 Å². The van der Waals surface area contributed by atoms with Crippen LogP contribution in [0.5, 0.6) is 11.5 Å². The lowest BCUT2D eigenvalue weighted by Gasteiger charge is -2.16. The highest BCUT2D eigenvalue weighted by molar-refractivity contribution is 5.77. The van der Waals surface area contributed by atoms with Crippen molar-refractivity contribution in [1.29, 1.82) is 0 Å². The number of hydrogen-bond donors (Lipinski definition) is 1. The van der Waals surface area contributed by atoms with Gasteiger partial charge in [0.15, 0.2) is 17.6 Å². The molecule has 1 N–H and O–H groups in total. The molecule has 0 amide bonds. The summed E-state index contributed by atoms with van der Waals surface area (Å²) >= 11 is 0. The molecule has 0 radical (unpaired) electrons. The number of hydrogen-bond acceptors (Lipinski definition) is 4. The van der Waals surface area contributed by atoms with Crippen molar-refractivity contribution in [2.75, 3.05) is 7.11 Å². The Morgan fingerprint density at radius 2 is 2.17 bits per heavy atom.